The Hall–Kier alpha value is -2.70. The molecule has 4 heteroatoms. The molecule has 0 aliphatic rings. The Labute approximate surface area is 139 Å². The number of esters is 1. The van der Waals surface area contributed by atoms with Crippen LogP contribution in [-0.2, 0) is 4.74 Å². The van der Waals surface area contributed by atoms with Crippen LogP contribution < -0.4 is 0 Å². The molecular weight excluding hydrogens is 310 g/mol. The van der Waals surface area contributed by atoms with E-state index in [1.165, 1.54) is 0 Å². The van der Waals surface area contributed by atoms with Gasteiger partial charge in [-0.3, -0.25) is 0 Å². The number of ether oxygens (including phenoxy) is 1. The average Bonchev–Trinajstić information content (AvgIpc) is 2.92. The number of halogens is 1. The van der Waals surface area contributed by atoms with Crippen molar-refractivity contribution in [2.75, 3.05) is 6.61 Å². The van der Waals surface area contributed by atoms with Crippen molar-refractivity contribution >= 4 is 28.5 Å². The molecule has 0 atom stereocenters. The summed E-state index contributed by atoms with van der Waals surface area (Å²) in [5.74, 6) is 5.75. The summed E-state index contributed by atoms with van der Waals surface area (Å²) in [5, 5.41) is 1.44. The fourth-order valence-corrected chi connectivity index (χ4v) is 2.48. The van der Waals surface area contributed by atoms with Crippen molar-refractivity contribution in [2.24, 2.45) is 0 Å². The summed E-state index contributed by atoms with van der Waals surface area (Å²) < 4.78 is 5.11. The third-order valence-corrected chi connectivity index (χ3v) is 3.58. The molecule has 3 aromatic rings. The predicted octanol–water partition coefficient (Wildman–Crippen LogP) is 4.40. The first kappa shape index (κ1) is 15.2. The van der Waals surface area contributed by atoms with Crippen LogP contribution in [-0.4, -0.2) is 17.6 Å². The molecule has 3 rings (SSSR count). The van der Waals surface area contributed by atoms with E-state index in [9.17, 15) is 4.79 Å². The van der Waals surface area contributed by atoms with Crippen LogP contribution in [0.15, 0.2) is 48.5 Å². The van der Waals surface area contributed by atoms with E-state index in [4.69, 9.17) is 16.3 Å². The van der Waals surface area contributed by atoms with Crippen LogP contribution in [0.25, 0.3) is 10.9 Å². The number of benzene rings is 2. The fourth-order valence-electron chi connectivity index (χ4n) is 2.31. The number of carbonyl (C=O) groups excluding carboxylic acids is 1. The summed E-state index contributed by atoms with van der Waals surface area (Å²) >= 11 is 6.02. The standard InChI is InChI=1S/C19H14ClNO2/c1-2-23-19(22)18-16(10-8-13-6-4-3-5-7-13)15-11-9-14(20)12-17(15)21-18/h3-7,9,11-12,21H,2H2,1H3. The minimum Gasteiger partial charge on any atom is -0.461 e. The molecule has 0 saturated heterocycles. The van der Waals surface area contributed by atoms with Crippen molar-refractivity contribution in [3.05, 3.63) is 70.4 Å². The molecular formula is C19H14ClNO2. The van der Waals surface area contributed by atoms with Gasteiger partial charge in [0.05, 0.1) is 12.2 Å². The SMILES string of the molecule is CCOC(=O)c1[nH]c2cc(Cl)ccc2c1C#Cc1ccccc1. The first-order chi connectivity index (χ1) is 11.2. The van der Waals surface area contributed by atoms with Crippen LogP contribution in [0.2, 0.25) is 5.02 Å². The van der Waals surface area contributed by atoms with Gasteiger partial charge in [-0.15, -0.1) is 0 Å². The van der Waals surface area contributed by atoms with E-state index < -0.39 is 5.97 Å². The van der Waals surface area contributed by atoms with Gasteiger partial charge < -0.3 is 9.72 Å². The Morgan fingerprint density at radius 2 is 1.96 bits per heavy atom. The fraction of sp³-hybridized carbons (Fsp3) is 0.105. The highest BCUT2D eigenvalue weighted by Gasteiger charge is 2.17. The van der Waals surface area contributed by atoms with Crippen molar-refractivity contribution in [2.45, 2.75) is 6.92 Å². The van der Waals surface area contributed by atoms with E-state index >= 15 is 0 Å². The van der Waals surface area contributed by atoms with Crippen molar-refractivity contribution in [3.63, 3.8) is 0 Å². The van der Waals surface area contributed by atoms with Gasteiger partial charge in [0.1, 0.15) is 5.69 Å². The zero-order chi connectivity index (χ0) is 16.2. The molecule has 2 aromatic carbocycles. The van der Waals surface area contributed by atoms with Crippen molar-refractivity contribution < 1.29 is 9.53 Å². The average molecular weight is 324 g/mol. The molecule has 0 fully saturated rings. The molecule has 0 aliphatic carbocycles. The Bertz CT molecular complexity index is 917. The number of carbonyl (C=O) groups is 1. The van der Waals surface area contributed by atoms with Gasteiger partial charge in [0.2, 0.25) is 0 Å². The quantitative estimate of drug-likeness (QED) is 0.561. The van der Waals surface area contributed by atoms with Gasteiger partial charge in [0.15, 0.2) is 0 Å². The van der Waals surface area contributed by atoms with E-state index in [1.54, 1.807) is 19.1 Å². The lowest BCUT2D eigenvalue weighted by atomic mass is 10.1. The van der Waals surface area contributed by atoms with Crippen molar-refractivity contribution in [1.29, 1.82) is 0 Å². The maximum atomic E-state index is 12.2. The number of hydrogen-bond donors (Lipinski definition) is 1. The van der Waals surface area contributed by atoms with Gasteiger partial charge in [-0.25, -0.2) is 4.79 Å². The molecule has 1 aromatic heterocycles. The van der Waals surface area contributed by atoms with Gasteiger partial charge in [0, 0.05) is 21.5 Å². The second-order valence-corrected chi connectivity index (χ2v) is 5.34. The summed E-state index contributed by atoms with van der Waals surface area (Å²) in [6.45, 7) is 2.08. The second kappa shape index (κ2) is 6.60. The number of aromatic nitrogens is 1. The minimum atomic E-state index is -0.419. The van der Waals surface area contributed by atoms with E-state index in [1.807, 2.05) is 36.4 Å². The summed E-state index contributed by atoms with van der Waals surface area (Å²) in [6, 6.07) is 15.0. The van der Waals surface area contributed by atoms with Crippen molar-refractivity contribution in [3.8, 4) is 11.8 Å². The Morgan fingerprint density at radius 3 is 2.70 bits per heavy atom. The zero-order valence-corrected chi connectivity index (χ0v) is 13.3. The summed E-state index contributed by atoms with van der Waals surface area (Å²) in [5.41, 5.74) is 2.62. The normalized spacial score (nSPS) is 10.2. The molecule has 1 N–H and O–H groups in total. The number of H-pyrrole nitrogens is 1. The molecule has 0 bridgehead atoms. The van der Waals surface area contributed by atoms with Gasteiger partial charge in [-0.05, 0) is 31.2 Å². The lowest BCUT2D eigenvalue weighted by Gasteiger charge is -1.99. The van der Waals surface area contributed by atoms with E-state index in [0.29, 0.717) is 22.9 Å². The first-order valence-electron chi connectivity index (χ1n) is 7.24. The lowest BCUT2D eigenvalue weighted by molar-refractivity contribution is 0.0520. The molecule has 0 amide bonds. The third-order valence-electron chi connectivity index (χ3n) is 3.35. The number of fused-ring (bicyclic) bond motifs is 1. The second-order valence-electron chi connectivity index (χ2n) is 4.90. The van der Waals surface area contributed by atoms with Crippen LogP contribution >= 0.6 is 11.6 Å². The summed E-state index contributed by atoms with van der Waals surface area (Å²) in [6.07, 6.45) is 0. The van der Waals surface area contributed by atoms with Crippen LogP contribution in [0.4, 0.5) is 0 Å². The Morgan fingerprint density at radius 1 is 1.17 bits per heavy atom. The molecule has 0 unspecified atom stereocenters. The topological polar surface area (TPSA) is 42.1 Å². The maximum absolute atomic E-state index is 12.2. The number of rotatable bonds is 2. The number of aromatic amines is 1. The van der Waals surface area contributed by atoms with E-state index in [0.717, 1.165) is 16.5 Å². The molecule has 0 saturated carbocycles. The minimum absolute atomic E-state index is 0.306. The largest absolute Gasteiger partial charge is 0.461 e. The Kier molecular flexibility index (Phi) is 4.36. The molecule has 0 aliphatic heterocycles. The Balaban J connectivity index is 2.15. The van der Waals surface area contributed by atoms with Gasteiger partial charge in [0.25, 0.3) is 0 Å². The summed E-state index contributed by atoms with van der Waals surface area (Å²) in [4.78, 5) is 15.2. The molecule has 1 heterocycles. The van der Waals surface area contributed by atoms with Crippen LogP contribution in [0.1, 0.15) is 28.5 Å². The highest BCUT2D eigenvalue weighted by Crippen LogP contribution is 2.25. The smallest absolute Gasteiger partial charge is 0.356 e. The highest BCUT2D eigenvalue weighted by molar-refractivity contribution is 6.31. The summed E-state index contributed by atoms with van der Waals surface area (Å²) in [7, 11) is 0. The predicted molar refractivity (Wildman–Crippen MR) is 91.7 cm³/mol. The maximum Gasteiger partial charge on any atom is 0.356 e. The molecule has 114 valence electrons. The number of hydrogen-bond acceptors (Lipinski definition) is 2. The molecule has 0 spiro atoms. The molecule has 3 nitrogen and oxygen atoms in total. The van der Waals surface area contributed by atoms with E-state index in [-0.39, 0.29) is 0 Å². The highest BCUT2D eigenvalue weighted by atomic mass is 35.5. The van der Waals surface area contributed by atoms with Gasteiger partial charge in [-0.1, -0.05) is 47.7 Å². The van der Waals surface area contributed by atoms with Crippen molar-refractivity contribution in [1.82, 2.24) is 4.98 Å². The monoisotopic (exact) mass is 323 g/mol. The first-order valence-corrected chi connectivity index (χ1v) is 7.62. The third kappa shape index (κ3) is 3.23. The van der Waals surface area contributed by atoms with Crippen LogP contribution in [0, 0.1) is 11.8 Å². The lowest BCUT2D eigenvalue weighted by Crippen LogP contribution is -2.06. The zero-order valence-electron chi connectivity index (χ0n) is 12.5. The van der Waals surface area contributed by atoms with E-state index in [2.05, 4.69) is 16.8 Å². The van der Waals surface area contributed by atoms with Crippen LogP contribution in [0.5, 0.6) is 0 Å². The van der Waals surface area contributed by atoms with Crippen LogP contribution in [0.3, 0.4) is 0 Å². The van der Waals surface area contributed by atoms with Gasteiger partial charge >= 0.3 is 5.97 Å². The molecule has 23 heavy (non-hydrogen) atoms. The van der Waals surface area contributed by atoms with Gasteiger partial charge in [-0.2, -0.15) is 0 Å². The number of nitrogens with one attached hydrogen (secondary N) is 1. The molecule has 0 radical (unpaired) electrons.